The molecule has 9 nitrogen and oxygen atoms in total. The third kappa shape index (κ3) is 5.86. The van der Waals surface area contributed by atoms with Gasteiger partial charge in [0.15, 0.2) is 5.13 Å². The van der Waals surface area contributed by atoms with E-state index in [0.29, 0.717) is 5.13 Å². The van der Waals surface area contributed by atoms with Crippen molar-refractivity contribution < 1.29 is 22.7 Å². The Balaban J connectivity index is 1.33. The van der Waals surface area contributed by atoms with Crippen LogP contribution in [-0.4, -0.2) is 48.6 Å². The zero-order chi connectivity index (χ0) is 23.4. The summed E-state index contributed by atoms with van der Waals surface area (Å²) < 4.78 is 29.8. The Kier molecular flexibility index (Phi) is 6.91. The highest BCUT2D eigenvalue weighted by molar-refractivity contribution is 7.89. The molecule has 3 aromatic rings. The summed E-state index contributed by atoms with van der Waals surface area (Å²) >= 11 is 1.29. The quantitative estimate of drug-likeness (QED) is 0.528. The summed E-state index contributed by atoms with van der Waals surface area (Å²) in [6.07, 6.45) is 6.87. The molecule has 0 spiro atoms. The number of nitrogens with one attached hydrogen (secondary N) is 2. The van der Waals surface area contributed by atoms with E-state index in [1.54, 1.807) is 0 Å². The van der Waals surface area contributed by atoms with Crippen molar-refractivity contribution in [2.24, 2.45) is 0 Å². The molecule has 3 heterocycles. The zero-order valence-corrected chi connectivity index (χ0v) is 19.6. The Morgan fingerprint density at radius 1 is 1.27 bits per heavy atom. The van der Waals surface area contributed by atoms with E-state index in [4.69, 9.17) is 4.74 Å². The predicted octanol–water partition coefficient (Wildman–Crippen LogP) is 3.03. The Labute approximate surface area is 195 Å². The molecule has 0 radical (unpaired) electrons. The predicted molar refractivity (Wildman–Crippen MR) is 126 cm³/mol. The smallest absolute Gasteiger partial charge is 0.253 e. The summed E-state index contributed by atoms with van der Waals surface area (Å²) in [6.45, 7) is 0.508. The van der Waals surface area contributed by atoms with Crippen molar-refractivity contribution in [1.29, 1.82) is 0 Å². The van der Waals surface area contributed by atoms with Crippen molar-refractivity contribution in [1.82, 2.24) is 14.3 Å². The van der Waals surface area contributed by atoms with Crippen molar-refractivity contribution in [2.45, 2.75) is 25.4 Å². The van der Waals surface area contributed by atoms with Crippen LogP contribution in [0.5, 0.6) is 0 Å². The van der Waals surface area contributed by atoms with E-state index >= 15 is 0 Å². The molecule has 0 bridgehead atoms. The van der Waals surface area contributed by atoms with Crippen LogP contribution in [0.3, 0.4) is 0 Å². The van der Waals surface area contributed by atoms with Crippen molar-refractivity contribution in [3.8, 4) is 11.3 Å². The number of thiazole rings is 1. The van der Waals surface area contributed by atoms with Gasteiger partial charge < -0.3 is 15.4 Å². The SMILES string of the molecule is CS(=O)(=O)n1ccc(C(=O)NCC(=O)Nc2nc(-c3cccc([C@@H]4CCCCO4)c3)cs2)c1. The number of rotatable bonds is 7. The topological polar surface area (TPSA) is 119 Å². The number of benzene rings is 1. The molecule has 1 aliphatic heterocycles. The van der Waals surface area contributed by atoms with Gasteiger partial charge in [-0.3, -0.25) is 13.6 Å². The number of carbonyl (C=O) groups excluding carboxylic acids is 2. The van der Waals surface area contributed by atoms with Gasteiger partial charge in [0.25, 0.3) is 5.91 Å². The standard InChI is InChI=1S/C22H24N4O5S2/c1-33(29,30)26-9-8-17(13-26)21(28)23-12-20(27)25-22-24-18(14-32-22)15-5-4-6-16(11-15)19-7-2-3-10-31-19/h4-6,8-9,11,13-14,19H,2-3,7,10,12H2,1H3,(H,23,28)(H,24,25,27)/t19-/m0/s1. The molecule has 0 aliphatic carbocycles. The van der Waals surface area contributed by atoms with Crippen LogP contribution in [0.25, 0.3) is 11.3 Å². The molecular weight excluding hydrogens is 464 g/mol. The summed E-state index contributed by atoms with van der Waals surface area (Å²) in [4.78, 5) is 28.9. The van der Waals surface area contributed by atoms with Crippen LogP contribution in [0, 0.1) is 0 Å². The zero-order valence-electron chi connectivity index (χ0n) is 18.0. The highest BCUT2D eigenvalue weighted by atomic mass is 32.2. The number of hydrogen-bond donors (Lipinski definition) is 2. The molecule has 2 amide bonds. The van der Waals surface area contributed by atoms with E-state index < -0.39 is 21.8 Å². The van der Waals surface area contributed by atoms with Crippen LogP contribution in [0.15, 0.2) is 48.1 Å². The average Bonchev–Trinajstić information content (AvgIpc) is 3.48. The van der Waals surface area contributed by atoms with Crippen LogP contribution in [0.1, 0.15) is 41.3 Å². The van der Waals surface area contributed by atoms with E-state index in [2.05, 4.69) is 27.8 Å². The van der Waals surface area contributed by atoms with Crippen molar-refractivity contribution in [2.75, 3.05) is 24.7 Å². The number of anilines is 1. The lowest BCUT2D eigenvalue weighted by molar-refractivity contribution is -0.115. The lowest BCUT2D eigenvalue weighted by Gasteiger charge is -2.23. The molecule has 1 fully saturated rings. The summed E-state index contributed by atoms with van der Waals surface area (Å²) in [5.41, 5.74) is 2.96. The van der Waals surface area contributed by atoms with E-state index in [-0.39, 0.29) is 18.2 Å². The molecule has 1 aliphatic rings. The molecule has 1 aromatic carbocycles. The van der Waals surface area contributed by atoms with E-state index in [9.17, 15) is 18.0 Å². The first-order valence-electron chi connectivity index (χ1n) is 10.4. The van der Waals surface area contributed by atoms with Crippen LogP contribution >= 0.6 is 11.3 Å². The molecule has 33 heavy (non-hydrogen) atoms. The largest absolute Gasteiger partial charge is 0.374 e. The third-order valence-electron chi connectivity index (χ3n) is 5.21. The number of carbonyl (C=O) groups is 2. The monoisotopic (exact) mass is 488 g/mol. The lowest BCUT2D eigenvalue weighted by Crippen LogP contribution is -2.32. The minimum absolute atomic E-state index is 0.106. The summed E-state index contributed by atoms with van der Waals surface area (Å²) in [7, 11) is -3.47. The molecule has 0 unspecified atom stereocenters. The van der Waals surface area contributed by atoms with Crippen molar-refractivity contribution in [3.05, 3.63) is 59.2 Å². The van der Waals surface area contributed by atoms with Gasteiger partial charge in [0.2, 0.25) is 15.9 Å². The minimum Gasteiger partial charge on any atom is -0.374 e. The molecule has 4 rings (SSSR count). The van der Waals surface area contributed by atoms with Crippen molar-refractivity contribution >= 4 is 38.3 Å². The van der Waals surface area contributed by atoms with E-state index in [1.807, 2.05) is 17.5 Å². The fraction of sp³-hybridized carbons (Fsp3) is 0.318. The van der Waals surface area contributed by atoms with Gasteiger partial charge in [-0.15, -0.1) is 11.3 Å². The third-order valence-corrected chi connectivity index (χ3v) is 6.96. The molecular formula is C22H24N4O5S2. The second kappa shape index (κ2) is 9.86. The van der Waals surface area contributed by atoms with Gasteiger partial charge in [-0.25, -0.2) is 13.4 Å². The molecule has 11 heteroatoms. The molecule has 174 valence electrons. The summed E-state index contributed by atoms with van der Waals surface area (Å²) in [6, 6.07) is 9.44. The Morgan fingerprint density at radius 2 is 2.12 bits per heavy atom. The van der Waals surface area contributed by atoms with E-state index in [1.165, 1.54) is 29.8 Å². The maximum absolute atomic E-state index is 12.2. The van der Waals surface area contributed by atoms with E-state index in [0.717, 1.165) is 52.9 Å². The van der Waals surface area contributed by atoms with Gasteiger partial charge in [0.05, 0.1) is 30.2 Å². The van der Waals surface area contributed by atoms with Gasteiger partial charge >= 0.3 is 0 Å². The van der Waals surface area contributed by atoms with Crippen LogP contribution in [-0.2, 0) is 19.6 Å². The maximum Gasteiger partial charge on any atom is 0.253 e. The van der Waals surface area contributed by atoms with Crippen LogP contribution in [0.4, 0.5) is 5.13 Å². The fourth-order valence-electron chi connectivity index (χ4n) is 3.51. The Morgan fingerprint density at radius 3 is 2.85 bits per heavy atom. The van der Waals surface area contributed by atoms with Gasteiger partial charge in [-0.1, -0.05) is 18.2 Å². The first-order valence-corrected chi connectivity index (χ1v) is 13.2. The van der Waals surface area contributed by atoms with Crippen LogP contribution < -0.4 is 10.6 Å². The fourth-order valence-corrected chi connectivity index (χ4v) is 4.83. The second-order valence-electron chi connectivity index (χ2n) is 7.74. The molecule has 2 aromatic heterocycles. The molecule has 1 saturated heterocycles. The highest BCUT2D eigenvalue weighted by Gasteiger charge is 2.17. The van der Waals surface area contributed by atoms with Gasteiger partial charge in [-0.05, 0) is 37.0 Å². The van der Waals surface area contributed by atoms with Gasteiger partial charge in [0.1, 0.15) is 0 Å². The molecule has 2 N–H and O–H groups in total. The number of nitrogens with zero attached hydrogens (tertiary/aromatic N) is 2. The Bertz CT molecular complexity index is 1260. The van der Waals surface area contributed by atoms with Gasteiger partial charge in [-0.2, -0.15) is 0 Å². The number of hydrogen-bond acceptors (Lipinski definition) is 7. The van der Waals surface area contributed by atoms with Gasteiger partial charge in [0, 0.05) is 29.9 Å². The number of amides is 2. The number of aromatic nitrogens is 2. The normalized spacial score (nSPS) is 16.3. The summed E-state index contributed by atoms with van der Waals surface area (Å²) in [5, 5.41) is 7.43. The first kappa shape index (κ1) is 23.1. The number of ether oxygens (including phenoxy) is 1. The average molecular weight is 489 g/mol. The maximum atomic E-state index is 12.2. The Hall–Kier alpha value is -3.02. The minimum atomic E-state index is -3.47. The highest BCUT2D eigenvalue weighted by Crippen LogP contribution is 2.31. The molecule has 1 atom stereocenters. The van der Waals surface area contributed by atoms with Crippen LogP contribution in [0.2, 0.25) is 0 Å². The second-order valence-corrected chi connectivity index (χ2v) is 10.5. The lowest BCUT2D eigenvalue weighted by atomic mass is 9.99. The first-order chi connectivity index (χ1) is 15.8. The molecule has 0 saturated carbocycles. The summed E-state index contributed by atoms with van der Waals surface area (Å²) in [5.74, 6) is -0.981. The van der Waals surface area contributed by atoms with Crippen molar-refractivity contribution in [3.63, 3.8) is 0 Å².